The number of hydrogen-bond acceptors (Lipinski definition) is 6. The monoisotopic (exact) mass is 399 g/mol. The maximum Gasteiger partial charge on any atom is 0.246 e. The Morgan fingerprint density at radius 1 is 1.14 bits per heavy atom. The number of aromatic nitrogens is 4. The van der Waals surface area contributed by atoms with E-state index in [1.807, 2.05) is 6.92 Å². The van der Waals surface area contributed by atoms with Gasteiger partial charge in [0.25, 0.3) is 0 Å². The van der Waals surface area contributed by atoms with Crippen molar-refractivity contribution < 1.29 is 18.7 Å². The molecule has 0 fully saturated rings. The van der Waals surface area contributed by atoms with Gasteiger partial charge in [0, 0.05) is 12.6 Å². The molecule has 0 saturated carbocycles. The lowest BCUT2D eigenvalue weighted by molar-refractivity contribution is -0.132. The standard InChI is InChI=1S/C20H22FN5O3/c1-13(14-5-8-16(21)9-6-14)25(2)19(27)12-26-23-20(22-24-26)15-7-10-17(28-3)18(11-15)29-4/h5-11,13H,12H2,1-4H3/t13-/m1/s1. The molecule has 1 atom stereocenters. The molecule has 0 spiro atoms. The first-order valence-electron chi connectivity index (χ1n) is 8.94. The zero-order chi connectivity index (χ0) is 21.0. The van der Waals surface area contributed by atoms with Gasteiger partial charge in [-0.3, -0.25) is 4.79 Å². The van der Waals surface area contributed by atoms with Crippen LogP contribution in [0.25, 0.3) is 11.4 Å². The van der Waals surface area contributed by atoms with Crippen LogP contribution in [-0.2, 0) is 11.3 Å². The summed E-state index contributed by atoms with van der Waals surface area (Å²) in [7, 11) is 4.78. The average molecular weight is 399 g/mol. The topological polar surface area (TPSA) is 82.4 Å². The second-order valence-electron chi connectivity index (χ2n) is 6.45. The number of rotatable bonds is 7. The van der Waals surface area contributed by atoms with Gasteiger partial charge in [-0.2, -0.15) is 4.80 Å². The lowest BCUT2D eigenvalue weighted by Crippen LogP contribution is -2.33. The number of nitrogens with zero attached hydrogens (tertiary/aromatic N) is 5. The molecule has 0 aliphatic carbocycles. The second-order valence-corrected chi connectivity index (χ2v) is 6.45. The summed E-state index contributed by atoms with van der Waals surface area (Å²) >= 11 is 0. The first-order chi connectivity index (χ1) is 13.9. The Kier molecular flexibility index (Phi) is 6.06. The Hall–Kier alpha value is -3.49. The molecule has 0 aliphatic heterocycles. The fourth-order valence-corrected chi connectivity index (χ4v) is 2.81. The highest BCUT2D eigenvalue weighted by molar-refractivity contribution is 5.76. The molecule has 0 saturated heterocycles. The Morgan fingerprint density at radius 2 is 1.83 bits per heavy atom. The van der Waals surface area contributed by atoms with Crippen molar-refractivity contribution in [1.82, 2.24) is 25.1 Å². The van der Waals surface area contributed by atoms with E-state index in [1.165, 1.54) is 16.9 Å². The number of hydrogen-bond donors (Lipinski definition) is 0. The van der Waals surface area contributed by atoms with Crippen LogP contribution < -0.4 is 9.47 Å². The molecule has 0 aliphatic rings. The molecular weight excluding hydrogens is 377 g/mol. The Balaban J connectivity index is 1.70. The molecule has 3 rings (SSSR count). The van der Waals surface area contributed by atoms with E-state index in [1.54, 1.807) is 56.5 Å². The third-order valence-corrected chi connectivity index (χ3v) is 4.70. The minimum absolute atomic E-state index is 0.0671. The Bertz CT molecular complexity index is 990. The maximum absolute atomic E-state index is 13.1. The highest BCUT2D eigenvalue weighted by atomic mass is 19.1. The first-order valence-corrected chi connectivity index (χ1v) is 8.94. The minimum atomic E-state index is -0.315. The van der Waals surface area contributed by atoms with Crippen molar-refractivity contribution in [2.75, 3.05) is 21.3 Å². The molecule has 8 nitrogen and oxygen atoms in total. The number of amides is 1. The summed E-state index contributed by atoms with van der Waals surface area (Å²) in [5, 5.41) is 12.3. The molecule has 2 aromatic carbocycles. The quantitative estimate of drug-likeness (QED) is 0.608. The fraction of sp³-hybridized carbons (Fsp3) is 0.300. The van der Waals surface area contributed by atoms with Gasteiger partial charge in [0.2, 0.25) is 11.7 Å². The first kappa shape index (κ1) is 20.2. The number of carbonyl (C=O) groups is 1. The number of carbonyl (C=O) groups excluding carboxylic acids is 1. The molecule has 0 bridgehead atoms. The van der Waals surface area contributed by atoms with Gasteiger partial charge in [0.15, 0.2) is 11.5 Å². The summed E-state index contributed by atoms with van der Waals surface area (Å²) in [6.07, 6.45) is 0. The molecule has 0 radical (unpaired) electrons. The van der Waals surface area contributed by atoms with Gasteiger partial charge < -0.3 is 14.4 Å². The number of methoxy groups -OCH3 is 2. The lowest BCUT2D eigenvalue weighted by Gasteiger charge is -2.25. The Labute approximate surface area is 167 Å². The molecule has 0 unspecified atom stereocenters. The van der Waals surface area contributed by atoms with Crippen LogP contribution in [0, 0.1) is 5.82 Å². The summed E-state index contributed by atoms with van der Waals surface area (Å²) in [6, 6.07) is 11.1. The van der Waals surface area contributed by atoms with Crippen molar-refractivity contribution in [3.63, 3.8) is 0 Å². The van der Waals surface area contributed by atoms with E-state index in [-0.39, 0.29) is 24.3 Å². The van der Waals surface area contributed by atoms with Gasteiger partial charge in [-0.25, -0.2) is 4.39 Å². The Morgan fingerprint density at radius 3 is 2.48 bits per heavy atom. The van der Waals surface area contributed by atoms with Crippen LogP contribution in [0.1, 0.15) is 18.5 Å². The molecular formula is C20H22FN5O3. The predicted molar refractivity (Wildman–Crippen MR) is 104 cm³/mol. The van der Waals surface area contributed by atoms with Gasteiger partial charge in [-0.05, 0) is 48.0 Å². The predicted octanol–water partition coefficient (Wildman–Crippen LogP) is 2.72. The van der Waals surface area contributed by atoms with E-state index in [0.29, 0.717) is 22.9 Å². The fourth-order valence-electron chi connectivity index (χ4n) is 2.81. The van der Waals surface area contributed by atoms with Gasteiger partial charge >= 0.3 is 0 Å². The molecule has 1 aromatic heterocycles. The third-order valence-electron chi connectivity index (χ3n) is 4.70. The number of halogens is 1. The van der Waals surface area contributed by atoms with Crippen LogP contribution in [0.5, 0.6) is 11.5 Å². The van der Waals surface area contributed by atoms with Crippen molar-refractivity contribution in [2.45, 2.75) is 19.5 Å². The van der Waals surface area contributed by atoms with Crippen LogP contribution in [0.15, 0.2) is 42.5 Å². The summed E-state index contributed by atoms with van der Waals surface area (Å²) in [6.45, 7) is 1.80. The lowest BCUT2D eigenvalue weighted by atomic mass is 10.1. The maximum atomic E-state index is 13.1. The summed E-state index contributed by atoms with van der Waals surface area (Å²) in [4.78, 5) is 15.4. The molecule has 9 heteroatoms. The van der Waals surface area contributed by atoms with Crippen molar-refractivity contribution in [1.29, 1.82) is 0 Å². The van der Waals surface area contributed by atoms with Crippen molar-refractivity contribution in [3.05, 3.63) is 53.8 Å². The van der Waals surface area contributed by atoms with Crippen LogP contribution in [-0.4, -0.2) is 52.3 Å². The summed E-state index contributed by atoms with van der Waals surface area (Å²) in [5.41, 5.74) is 1.52. The van der Waals surface area contributed by atoms with Gasteiger partial charge in [0.1, 0.15) is 12.4 Å². The van der Waals surface area contributed by atoms with E-state index in [2.05, 4.69) is 15.4 Å². The van der Waals surface area contributed by atoms with E-state index in [4.69, 9.17) is 9.47 Å². The number of benzene rings is 2. The van der Waals surface area contributed by atoms with Crippen LogP contribution in [0.4, 0.5) is 4.39 Å². The third kappa shape index (κ3) is 4.50. The summed E-state index contributed by atoms with van der Waals surface area (Å²) < 4.78 is 23.6. The average Bonchev–Trinajstić information content (AvgIpc) is 3.21. The SMILES string of the molecule is COc1ccc(-c2nnn(CC(=O)N(C)[C@H](C)c3ccc(F)cc3)n2)cc1OC. The van der Waals surface area contributed by atoms with Gasteiger partial charge in [0.05, 0.1) is 20.3 Å². The number of likely N-dealkylation sites (N-methyl/N-ethyl adjacent to an activating group) is 1. The van der Waals surface area contributed by atoms with E-state index < -0.39 is 0 Å². The van der Waals surface area contributed by atoms with Crippen LogP contribution in [0.3, 0.4) is 0 Å². The largest absolute Gasteiger partial charge is 0.493 e. The molecule has 152 valence electrons. The van der Waals surface area contributed by atoms with Crippen molar-refractivity contribution >= 4 is 5.91 Å². The van der Waals surface area contributed by atoms with Gasteiger partial charge in [-0.1, -0.05) is 12.1 Å². The van der Waals surface area contributed by atoms with Crippen LogP contribution >= 0.6 is 0 Å². The molecule has 1 heterocycles. The molecule has 29 heavy (non-hydrogen) atoms. The smallest absolute Gasteiger partial charge is 0.246 e. The molecule has 0 N–H and O–H groups in total. The molecule has 3 aromatic rings. The van der Waals surface area contributed by atoms with Crippen LogP contribution in [0.2, 0.25) is 0 Å². The van der Waals surface area contributed by atoms with E-state index in [9.17, 15) is 9.18 Å². The zero-order valence-electron chi connectivity index (χ0n) is 16.7. The highest BCUT2D eigenvalue weighted by Crippen LogP contribution is 2.30. The number of tetrazole rings is 1. The second kappa shape index (κ2) is 8.68. The van der Waals surface area contributed by atoms with Gasteiger partial charge in [-0.15, -0.1) is 10.2 Å². The van der Waals surface area contributed by atoms with E-state index >= 15 is 0 Å². The van der Waals surface area contributed by atoms with Crippen molar-refractivity contribution in [2.24, 2.45) is 0 Å². The zero-order valence-corrected chi connectivity index (χ0v) is 16.7. The number of ether oxygens (including phenoxy) is 2. The van der Waals surface area contributed by atoms with Crippen molar-refractivity contribution in [3.8, 4) is 22.9 Å². The minimum Gasteiger partial charge on any atom is -0.493 e. The van der Waals surface area contributed by atoms with E-state index in [0.717, 1.165) is 5.56 Å². The highest BCUT2D eigenvalue weighted by Gasteiger charge is 2.19. The normalized spacial score (nSPS) is 11.8. The molecule has 1 amide bonds. The summed E-state index contributed by atoms with van der Waals surface area (Å²) in [5.74, 6) is 0.996.